The third-order valence-corrected chi connectivity index (χ3v) is 5.44. The molecule has 2 aromatic rings. The summed E-state index contributed by atoms with van der Waals surface area (Å²) in [7, 11) is 0. The van der Waals surface area contributed by atoms with Crippen molar-refractivity contribution in [3.63, 3.8) is 0 Å². The number of hydrogen-bond acceptors (Lipinski definition) is 2. The van der Waals surface area contributed by atoms with Gasteiger partial charge in [0.15, 0.2) is 0 Å². The zero-order chi connectivity index (χ0) is 16.5. The Balaban J connectivity index is 1.54. The number of carbonyl (C=O) groups is 1. The van der Waals surface area contributed by atoms with Gasteiger partial charge < -0.3 is 4.90 Å². The lowest BCUT2D eigenvalue weighted by molar-refractivity contribution is -0.123. The molecule has 1 amide bonds. The molecule has 2 heterocycles. The third kappa shape index (κ3) is 2.73. The Hall–Kier alpha value is -2.13. The zero-order valence-corrected chi connectivity index (χ0v) is 14.2. The van der Waals surface area contributed by atoms with Gasteiger partial charge >= 0.3 is 0 Å². The Morgan fingerprint density at radius 1 is 0.917 bits per heavy atom. The van der Waals surface area contributed by atoms with E-state index in [1.807, 2.05) is 11.0 Å². The molecule has 0 radical (unpaired) electrons. The number of hydrogen-bond donors (Lipinski definition) is 0. The summed E-state index contributed by atoms with van der Waals surface area (Å²) in [4.78, 5) is 17.5. The van der Waals surface area contributed by atoms with E-state index in [1.165, 1.54) is 16.7 Å². The van der Waals surface area contributed by atoms with E-state index in [0.29, 0.717) is 0 Å². The summed E-state index contributed by atoms with van der Waals surface area (Å²) in [5, 5.41) is 0. The molecule has 2 aliphatic heterocycles. The first kappa shape index (κ1) is 15.4. The zero-order valence-electron chi connectivity index (χ0n) is 14.2. The fourth-order valence-corrected chi connectivity index (χ4v) is 3.99. The van der Waals surface area contributed by atoms with Gasteiger partial charge in [-0.05, 0) is 48.9 Å². The van der Waals surface area contributed by atoms with Crippen LogP contribution >= 0.6 is 0 Å². The molecular weight excluding hydrogens is 296 g/mol. The maximum atomic E-state index is 13.2. The highest BCUT2D eigenvalue weighted by Crippen LogP contribution is 2.28. The van der Waals surface area contributed by atoms with Crippen LogP contribution in [0, 0.1) is 0 Å². The molecule has 0 aliphatic carbocycles. The molecule has 1 atom stereocenters. The highest BCUT2D eigenvalue weighted by Gasteiger charge is 2.31. The predicted molar refractivity (Wildman–Crippen MR) is 97.1 cm³/mol. The standard InChI is InChI=1S/C21H24N2O/c1-16(22-14-12-17-7-2-3-9-19(17)15-22)21(24)23-13-6-10-18-8-4-5-11-20(18)23/h2-5,7-9,11,16H,6,10,12-15H2,1H3/t16-/m1/s1. The van der Waals surface area contributed by atoms with E-state index < -0.39 is 0 Å². The van der Waals surface area contributed by atoms with Gasteiger partial charge in [-0.2, -0.15) is 0 Å². The van der Waals surface area contributed by atoms with Gasteiger partial charge in [0.1, 0.15) is 0 Å². The third-order valence-electron chi connectivity index (χ3n) is 5.44. The summed E-state index contributed by atoms with van der Waals surface area (Å²) in [5.74, 6) is 0.238. The van der Waals surface area contributed by atoms with Crippen molar-refractivity contribution in [3.05, 3.63) is 65.2 Å². The van der Waals surface area contributed by atoms with Crippen molar-refractivity contribution in [2.75, 3.05) is 18.0 Å². The second kappa shape index (κ2) is 6.40. The van der Waals surface area contributed by atoms with Crippen LogP contribution in [-0.2, 0) is 24.2 Å². The lowest BCUT2D eigenvalue weighted by Crippen LogP contribution is -2.50. The van der Waals surface area contributed by atoms with Gasteiger partial charge in [0.05, 0.1) is 6.04 Å². The van der Waals surface area contributed by atoms with Gasteiger partial charge in [-0.3, -0.25) is 9.69 Å². The van der Waals surface area contributed by atoms with E-state index in [-0.39, 0.29) is 11.9 Å². The number of carbonyl (C=O) groups excluding carboxylic acids is 1. The second-order valence-corrected chi connectivity index (χ2v) is 6.89. The summed E-state index contributed by atoms with van der Waals surface area (Å²) < 4.78 is 0. The first-order chi connectivity index (χ1) is 11.7. The summed E-state index contributed by atoms with van der Waals surface area (Å²) in [6.07, 6.45) is 3.16. The van der Waals surface area contributed by atoms with Crippen LogP contribution in [0.3, 0.4) is 0 Å². The first-order valence-corrected chi connectivity index (χ1v) is 8.94. The van der Waals surface area contributed by atoms with E-state index in [4.69, 9.17) is 0 Å². The topological polar surface area (TPSA) is 23.6 Å². The molecule has 4 rings (SSSR count). The van der Waals surface area contributed by atoms with Crippen molar-refractivity contribution in [1.82, 2.24) is 4.90 Å². The molecule has 24 heavy (non-hydrogen) atoms. The number of nitrogens with zero attached hydrogens (tertiary/aromatic N) is 2. The fraction of sp³-hybridized carbons (Fsp3) is 0.381. The molecule has 3 heteroatoms. The van der Waals surface area contributed by atoms with Crippen molar-refractivity contribution in [3.8, 4) is 0 Å². The lowest BCUT2D eigenvalue weighted by atomic mass is 9.97. The number of anilines is 1. The van der Waals surface area contributed by atoms with Gasteiger partial charge in [0.25, 0.3) is 0 Å². The molecule has 0 N–H and O–H groups in total. The Kier molecular flexibility index (Phi) is 4.11. The number of benzene rings is 2. The SMILES string of the molecule is C[C@H](C(=O)N1CCCc2ccccc21)N1CCc2ccccc2C1. The minimum absolute atomic E-state index is 0.0792. The Labute approximate surface area is 143 Å². The fourth-order valence-electron chi connectivity index (χ4n) is 3.99. The van der Waals surface area contributed by atoms with Crippen LogP contribution in [-0.4, -0.2) is 29.9 Å². The molecule has 124 valence electrons. The molecule has 2 aliphatic rings. The van der Waals surface area contributed by atoms with E-state index in [2.05, 4.69) is 54.3 Å². The van der Waals surface area contributed by atoms with Crippen molar-refractivity contribution < 1.29 is 4.79 Å². The summed E-state index contributed by atoms with van der Waals surface area (Å²) in [5.41, 5.74) is 5.20. The summed E-state index contributed by atoms with van der Waals surface area (Å²) >= 11 is 0. The number of para-hydroxylation sites is 1. The lowest BCUT2D eigenvalue weighted by Gasteiger charge is -2.37. The molecule has 2 aromatic carbocycles. The Morgan fingerprint density at radius 3 is 2.46 bits per heavy atom. The van der Waals surface area contributed by atoms with Crippen molar-refractivity contribution >= 4 is 11.6 Å². The number of fused-ring (bicyclic) bond motifs is 2. The average Bonchev–Trinajstić information content (AvgIpc) is 2.66. The maximum absolute atomic E-state index is 13.2. The van der Waals surface area contributed by atoms with Gasteiger partial charge in [0.2, 0.25) is 5.91 Å². The quantitative estimate of drug-likeness (QED) is 0.846. The molecule has 0 saturated carbocycles. The van der Waals surface area contributed by atoms with Gasteiger partial charge in [-0.15, -0.1) is 0 Å². The van der Waals surface area contributed by atoms with Crippen LogP contribution < -0.4 is 4.90 Å². The Morgan fingerprint density at radius 2 is 1.62 bits per heavy atom. The van der Waals surface area contributed by atoms with E-state index in [1.54, 1.807) is 0 Å². The highest BCUT2D eigenvalue weighted by molar-refractivity contribution is 5.98. The van der Waals surface area contributed by atoms with Crippen LogP contribution in [0.5, 0.6) is 0 Å². The number of rotatable bonds is 2. The molecule has 0 fully saturated rings. The van der Waals surface area contributed by atoms with Gasteiger partial charge in [-0.25, -0.2) is 0 Å². The molecule has 0 aromatic heterocycles. The molecule has 3 nitrogen and oxygen atoms in total. The largest absolute Gasteiger partial charge is 0.311 e. The highest BCUT2D eigenvalue weighted by atomic mass is 16.2. The number of amides is 1. The average molecular weight is 320 g/mol. The summed E-state index contributed by atoms with van der Waals surface area (Å²) in [6.45, 7) is 4.73. The van der Waals surface area contributed by atoms with E-state index in [0.717, 1.165) is 44.6 Å². The minimum Gasteiger partial charge on any atom is -0.311 e. The van der Waals surface area contributed by atoms with Crippen LogP contribution in [0.25, 0.3) is 0 Å². The van der Waals surface area contributed by atoms with Crippen molar-refractivity contribution in [2.45, 2.75) is 38.8 Å². The molecular formula is C21H24N2O. The van der Waals surface area contributed by atoms with Crippen molar-refractivity contribution in [2.24, 2.45) is 0 Å². The molecule has 0 saturated heterocycles. The smallest absolute Gasteiger partial charge is 0.244 e. The van der Waals surface area contributed by atoms with E-state index >= 15 is 0 Å². The Bertz CT molecular complexity index is 755. The molecule has 0 spiro atoms. The molecule has 0 bridgehead atoms. The number of aryl methyl sites for hydroxylation is 1. The minimum atomic E-state index is -0.0792. The van der Waals surface area contributed by atoms with E-state index in [9.17, 15) is 4.79 Å². The van der Waals surface area contributed by atoms with Crippen molar-refractivity contribution in [1.29, 1.82) is 0 Å². The summed E-state index contributed by atoms with van der Waals surface area (Å²) in [6, 6.07) is 16.9. The van der Waals surface area contributed by atoms with Crippen LogP contribution in [0.2, 0.25) is 0 Å². The monoisotopic (exact) mass is 320 g/mol. The van der Waals surface area contributed by atoms with Crippen LogP contribution in [0.15, 0.2) is 48.5 Å². The first-order valence-electron chi connectivity index (χ1n) is 8.94. The van der Waals surface area contributed by atoms with Gasteiger partial charge in [-0.1, -0.05) is 42.5 Å². The van der Waals surface area contributed by atoms with Crippen LogP contribution in [0.4, 0.5) is 5.69 Å². The predicted octanol–water partition coefficient (Wildman–Crippen LogP) is 3.41. The van der Waals surface area contributed by atoms with Gasteiger partial charge in [0, 0.05) is 25.3 Å². The maximum Gasteiger partial charge on any atom is 0.244 e. The normalized spacial score (nSPS) is 18.6. The molecule has 0 unspecified atom stereocenters. The van der Waals surface area contributed by atoms with Crippen LogP contribution in [0.1, 0.15) is 30.0 Å². The second-order valence-electron chi connectivity index (χ2n) is 6.89.